The topological polar surface area (TPSA) is 92.8 Å². The number of hydrogen-bond acceptors (Lipinski definition) is 5. The Bertz CT molecular complexity index is 1260. The first-order chi connectivity index (χ1) is 16.2. The molecule has 0 aromatic heterocycles. The molecule has 1 N–H and O–H groups in total. The zero-order valence-electron chi connectivity index (χ0n) is 18.1. The van der Waals surface area contributed by atoms with E-state index >= 15 is 0 Å². The molecule has 3 aliphatic rings. The molecule has 0 spiro atoms. The summed E-state index contributed by atoms with van der Waals surface area (Å²) in [5.74, 6) is -1.92. The summed E-state index contributed by atoms with van der Waals surface area (Å²) in [6.07, 6.45) is 2.99. The van der Waals surface area contributed by atoms with Gasteiger partial charge in [0.1, 0.15) is 0 Å². The molecule has 0 unspecified atom stereocenters. The van der Waals surface area contributed by atoms with E-state index in [0.29, 0.717) is 16.4 Å². The van der Waals surface area contributed by atoms with Crippen LogP contribution in [0.15, 0.2) is 54.1 Å². The molecule has 2 bridgehead atoms. The number of nitrogens with one attached hydrogen (secondary N) is 1. The second-order valence-electron chi connectivity index (χ2n) is 8.78. The fourth-order valence-electron chi connectivity index (χ4n) is 5.26. The molecule has 1 aliphatic heterocycles. The minimum atomic E-state index is -0.704. The molecule has 4 atom stereocenters. The van der Waals surface area contributed by atoms with Crippen molar-refractivity contribution in [3.8, 4) is 0 Å². The average Bonchev–Trinajstić information content (AvgIpc) is 3.45. The number of carbonyl (C=O) groups excluding carboxylic acids is 4. The number of benzene rings is 2. The van der Waals surface area contributed by atoms with Crippen molar-refractivity contribution in [1.82, 2.24) is 0 Å². The first-order valence-corrected chi connectivity index (χ1v) is 11.6. The summed E-state index contributed by atoms with van der Waals surface area (Å²) in [5.41, 5.74) is 2.23. The van der Waals surface area contributed by atoms with Crippen LogP contribution >= 0.6 is 23.2 Å². The quantitative estimate of drug-likeness (QED) is 0.372. The Morgan fingerprint density at radius 3 is 2.44 bits per heavy atom. The van der Waals surface area contributed by atoms with Crippen molar-refractivity contribution in [3.05, 3.63) is 69.7 Å². The third-order valence-corrected chi connectivity index (χ3v) is 7.52. The van der Waals surface area contributed by atoms with Crippen LogP contribution < -0.4 is 10.2 Å². The average molecular weight is 499 g/mol. The van der Waals surface area contributed by atoms with Crippen LogP contribution in [0.1, 0.15) is 23.7 Å². The zero-order valence-corrected chi connectivity index (χ0v) is 19.6. The molecule has 174 valence electrons. The van der Waals surface area contributed by atoms with E-state index in [2.05, 4.69) is 11.4 Å². The van der Waals surface area contributed by atoms with Crippen molar-refractivity contribution in [2.24, 2.45) is 23.7 Å². The summed E-state index contributed by atoms with van der Waals surface area (Å²) in [4.78, 5) is 51.7. The lowest BCUT2D eigenvalue weighted by Gasteiger charge is -2.19. The summed E-state index contributed by atoms with van der Waals surface area (Å²) in [5, 5.41) is 3.20. The summed E-state index contributed by atoms with van der Waals surface area (Å²) in [6.45, 7) is 1.52. The number of carbonyl (C=O) groups is 4. The molecule has 1 heterocycles. The molecule has 2 aliphatic carbocycles. The van der Waals surface area contributed by atoms with Crippen LogP contribution in [0.25, 0.3) is 0 Å². The number of rotatable bonds is 5. The molecule has 2 aromatic carbocycles. The smallest absolute Gasteiger partial charge is 0.338 e. The Hall–Kier alpha value is -3.16. The minimum absolute atomic E-state index is 0.126. The number of esters is 1. The van der Waals surface area contributed by atoms with E-state index in [1.54, 1.807) is 24.3 Å². The van der Waals surface area contributed by atoms with Gasteiger partial charge in [-0.05, 0) is 67.6 Å². The van der Waals surface area contributed by atoms with Gasteiger partial charge < -0.3 is 10.1 Å². The summed E-state index contributed by atoms with van der Waals surface area (Å²) in [6, 6.07) is 10.6. The standard InChI is InChI=1S/C25H20Cl2N2O5/c1-12-8-14-9-17(12)22-21(14)23(31)29(24(22)32)16-5-2-13(3-6-16)25(33)34-11-20(30)28-15-4-7-18(26)19(27)10-15/h2-8,10,14,17,21-22H,9,11H2,1H3,(H,28,30)/t14-,17+,21-,22-/m0/s1. The zero-order chi connectivity index (χ0) is 24.1. The lowest BCUT2D eigenvalue weighted by atomic mass is 9.82. The van der Waals surface area contributed by atoms with E-state index in [1.807, 2.05) is 6.92 Å². The molecule has 5 rings (SSSR count). The van der Waals surface area contributed by atoms with Gasteiger partial charge >= 0.3 is 5.97 Å². The molecule has 9 heteroatoms. The molecule has 0 radical (unpaired) electrons. The number of hydrogen-bond donors (Lipinski definition) is 1. The molecular weight excluding hydrogens is 479 g/mol. The van der Waals surface area contributed by atoms with E-state index in [0.717, 1.165) is 6.42 Å². The largest absolute Gasteiger partial charge is 0.452 e. The highest BCUT2D eigenvalue weighted by molar-refractivity contribution is 6.42. The van der Waals surface area contributed by atoms with E-state index in [9.17, 15) is 19.2 Å². The normalized spacial score (nSPS) is 24.8. The number of halogens is 2. The van der Waals surface area contributed by atoms with Crippen LogP contribution in [0.4, 0.5) is 11.4 Å². The minimum Gasteiger partial charge on any atom is -0.452 e. The van der Waals surface area contributed by atoms with E-state index in [-0.39, 0.29) is 46.1 Å². The Morgan fingerprint density at radius 1 is 1.03 bits per heavy atom. The molecular formula is C25H20Cl2N2O5. The maximum Gasteiger partial charge on any atom is 0.338 e. The second kappa shape index (κ2) is 8.56. The van der Waals surface area contributed by atoms with Gasteiger partial charge in [-0.1, -0.05) is 34.9 Å². The van der Waals surface area contributed by atoms with Gasteiger partial charge in [-0.25, -0.2) is 4.79 Å². The van der Waals surface area contributed by atoms with E-state index in [1.165, 1.54) is 28.7 Å². The van der Waals surface area contributed by atoms with Crippen molar-refractivity contribution >= 4 is 58.3 Å². The fraction of sp³-hybridized carbons (Fsp3) is 0.280. The summed E-state index contributed by atoms with van der Waals surface area (Å²) in [7, 11) is 0. The number of ether oxygens (including phenoxy) is 1. The summed E-state index contributed by atoms with van der Waals surface area (Å²) < 4.78 is 5.07. The highest BCUT2D eigenvalue weighted by Gasteiger charge is 2.60. The van der Waals surface area contributed by atoms with Crippen molar-refractivity contribution in [1.29, 1.82) is 0 Å². The predicted octanol–water partition coefficient (Wildman–Crippen LogP) is 4.49. The number of imide groups is 1. The van der Waals surface area contributed by atoms with Crippen LogP contribution in [0, 0.1) is 23.7 Å². The van der Waals surface area contributed by atoms with Gasteiger partial charge in [0.15, 0.2) is 6.61 Å². The van der Waals surface area contributed by atoms with Gasteiger partial charge in [0.2, 0.25) is 11.8 Å². The molecule has 7 nitrogen and oxygen atoms in total. The van der Waals surface area contributed by atoms with Gasteiger partial charge in [0, 0.05) is 5.69 Å². The van der Waals surface area contributed by atoms with Crippen molar-refractivity contribution in [3.63, 3.8) is 0 Å². The van der Waals surface area contributed by atoms with Gasteiger partial charge in [-0.3, -0.25) is 19.3 Å². The molecule has 1 saturated heterocycles. The first-order valence-electron chi connectivity index (χ1n) is 10.8. The molecule has 2 fully saturated rings. The monoisotopic (exact) mass is 498 g/mol. The van der Waals surface area contributed by atoms with Crippen molar-refractivity contribution < 1.29 is 23.9 Å². The van der Waals surface area contributed by atoms with Crippen LogP contribution in [-0.4, -0.2) is 30.3 Å². The SMILES string of the molecule is CC1=C[C@H]2C[C@H]1[C@@H]1C(=O)N(c3ccc(C(=O)OCC(=O)Nc4ccc(Cl)c(Cl)c4)cc3)C(=O)[C@H]12. The maximum atomic E-state index is 13.0. The number of anilines is 2. The van der Waals surface area contributed by atoms with Crippen LogP contribution in [0.5, 0.6) is 0 Å². The molecule has 3 amide bonds. The van der Waals surface area contributed by atoms with Gasteiger partial charge in [0.25, 0.3) is 5.91 Å². The summed E-state index contributed by atoms with van der Waals surface area (Å²) >= 11 is 11.8. The Balaban J connectivity index is 1.20. The number of amides is 3. The second-order valence-corrected chi connectivity index (χ2v) is 9.59. The van der Waals surface area contributed by atoms with Crippen LogP contribution in [0.2, 0.25) is 10.0 Å². The van der Waals surface area contributed by atoms with E-state index in [4.69, 9.17) is 27.9 Å². The molecule has 2 aromatic rings. The van der Waals surface area contributed by atoms with Gasteiger partial charge in [-0.15, -0.1) is 0 Å². The highest BCUT2D eigenvalue weighted by Crippen LogP contribution is 2.55. The lowest BCUT2D eigenvalue weighted by Crippen LogP contribution is -2.33. The molecule has 34 heavy (non-hydrogen) atoms. The lowest BCUT2D eigenvalue weighted by molar-refractivity contribution is -0.123. The highest BCUT2D eigenvalue weighted by atomic mass is 35.5. The predicted molar refractivity (Wildman–Crippen MR) is 127 cm³/mol. The third kappa shape index (κ3) is 3.79. The number of nitrogens with zero attached hydrogens (tertiary/aromatic N) is 1. The van der Waals surface area contributed by atoms with Crippen LogP contribution in [-0.2, 0) is 19.1 Å². The maximum absolute atomic E-state index is 13.0. The third-order valence-electron chi connectivity index (χ3n) is 6.78. The number of fused-ring (bicyclic) bond motifs is 5. The van der Waals surface area contributed by atoms with Crippen LogP contribution in [0.3, 0.4) is 0 Å². The number of allylic oxidation sites excluding steroid dienone is 2. The first kappa shape index (κ1) is 22.6. The van der Waals surface area contributed by atoms with Crippen molar-refractivity contribution in [2.45, 2.75) is 13.3 Å². The van der Waals surface area contributed by atoms with Gasteiger partial charge in [-0.2, -0.15) is 0 Å². The van der Waals surface area contributed by atoms with Gasteiger partial charge in [0.05, 0.1) is 33.1 Å². The Kier molecular flexibility index (Phi) is 5.70. The Labute approximate surface area is 205 Å². The fourth-order valence-corrected chi connectivity index (χ4v) is 5.56. The van der Waals surface area contributed by atoms with Crippen molar-refractivity contribution in [2.75, 3.05) is 16.8 Å². The van der Waals surface area contributed by atoms with E-state index < -0.39 is 18.5 Å². The Morgan fingerprint density at radius 2 is 1.74 bits per heavy atom. The molecule has 1 saturated carbocycles.